The average molecular weight is 2100 g/mol. The summed E-state index contributed by atoms with van der Waals surface area (Å²) in [5.74, 6) is 6.78. The lowest BCUT2D eigenvalue weighted by Gasteiger charge is -2.43. The quantitative estimate of drug-likeness (QED) is 0.0207. The number of likely N-dealkylation sites (tertiary alicyclic amines) is 4. The summed E-state index contributed by atoms with van der Waals surface area (Å²) >= 11 is 24.2. The van der Waals surface area contributed by atoms with E-state index in [-0.39, 0.29) is 35.9 Å². The summed E-state index contributed by atoms with van der Waals surface area (Å²) in [5, 5.41) is 71.1. The van der Waals surface area contributed by atoms with Gasteiger partial charge in [-0.15, -0.1) is 0 Å². The molecule has 4 aromatic heterocycles. The molecule has 7 N–H and O–H groups in total. The van der Waals surface area contributed by atoms with Gasteiger partial charge < -0.3 is 78.8 Å². The van der Waals surface area contributed by atoms with E-state index in [1.54, 1.807) is 6.20 Å². The molecule has 0 bridgehead atoms. The first-order valence-corrected chi connectivity index (χ1v) is 55.9. The lowest BCUT2D eigenvalue weighted by atomic mass is 9.66. The molecule has 149 heavy (non-hydrogen) atoms. The second kappa shape index (κ2) is 49.4. The van der Waals surface area contributed by atoms with Crippen LogP contribution in [0.5, 0.6) is 23.0 Å². The van der Waals surface area contributed by atoms with Crippen molar-refractivity contribution < 1.29 is 54.3 Å². The monoisotopic (exact) mass is 2100 g/mol. The van der Waals surface area contributed by atoms with Crippen molar-refractivity contribution in [3.63, 3.8) is 0 Å². The molecule has 13 atom stereocenters. The Morgan fingerprint density at radius 3 is 1.68 bits per heavy atom. The van der Waals surface area contributed by atoms with Gasteiger partial charge in [0, 0.05) is 156 Å². The SMILES string of the molecule is CC(C)(O)C1CCC2OCc3ncccc3C(CCCN3CCC(C(O)NCc4ccc(Cl)cc4)C3)C2C1.CC(C)(O)c1ccc2c(c1)[C@H](CCCN1CC[C@@H](C3Cc4ccc(Cl)cc4C3)C1)c1cccnc1CO2.CC(C)(O)c1cccc2c1C/C(=C\CCN1CCC(OCc3ccc(Cl)cc3)C1)c1ccncc1O2.CN(c1ccc(Cl)cc1)C(O)C1CCN(CCCC2c3cc(C(C)(C)O)ccc3OCc3ncccc32)C1. The number of pyridine rings is 4. The van der Waals surface area contributed by atoms with Gasteiger partial charge in [0.15, 0.2) is 5.75 Å². The van der Waals surface area contributed by atoms with Crippen LogP contribution in [-0.2, 0) is 78.5 Å². The van der Waals surface area contributed by atoms with E-state index >= 15 is 0 Å². The highest BCUT2D eigenvalue weighted by Crippen LogP contribution is 2.51. The predicted octanol–water partition coefficient (Wildman–Crippen LogP) is 23.5. The first-order valence-electron chi connectivity index (χ1n) is 54.4. The molecule has 12 heterocycles. The Bertz CT molecular complexity index is 6310. The number of ether oxygens (including phenoxy) is 5. The molecule has 10 aliphatic rings. The van der Waals surface area contributed by atoms with Gasteiger partial charge in [0.1, 0.15) is 42.9 Å². The van der Waals surface area contributed by atoms with Gasteiger partial charge in [-0.25, -0.2) is 0 Å². The van der Waals surface area contributed by atoms with Crippen LogP contribution in [0.2, 0.25) is 20.1 Å². The third kappa shape index (κ3) is 28.1. The molecule has 5 fully saturated rings. The summed E-state index contributed by atoms with van der Waals surface area (Å²) in [6, 6.07) is 62.5. The van der Waals surface area contributed by atoms with Crippen LogP contribution in [0.25, 0.3) is 5.57 Å². The highest BCUT2D eigenvalue weighted by Gasteiger charge is 2.45. The molecule has 4 saturated heterocycles. The number of hydrogen-bond donors (Lipinski definition) is 7. The van der Waals surface area contributed by atoms with E-state index in [1.165, 1.54) is 71.3 Å². The molecule has 11 unspecified atom stereocenters. The Balaban J connectivity index is 0.000000130. The molecular weight excluding hydrogens is 1950 g/mol. The number of benzene rings is 7. The van der Waals surface area contributed by atoms with Gasteiger partial charge in [-0.05, 0) is 403 Å². The van der Waals surface area contributed by atoms with Crippen molar-refractivity contribution in [2.75, 3.05) is 90.5 Å². The number of fused-ring (bicyclic) bond motifs is 9. The molecular formula is C124H152Cl4N10O11. The van der Waals surface area contributed by atoms with Crippen molar-refractivity contribution in [3.8, 4) is 23.0 Å². The molecule has 21 rings (SSSR count). The van der Waals surface area contributed by atoms with E-state index in [0.717, 1.165) is 266 Å². The van der Waals surface area contributed by atoms with E-state index in [2.05, 4.69) is 99.5 Å². The maximum absolute atomic E-state index is 11.1. The minimum absolute atomic E-state index is 0.151. The van der Waals surface area contributed by atoms with Crippen LogP contribution in [0.15, 0.2) is 225 Å². The maximum atomic E-state index is 11.1. The van der Waals surface area contributed by atoms with Gasteiger partial charge >= 0.3 is 0 Å². The van der Waals surface area contributed by atoms with Crippen LogP contribution in [-0.4, -0.2) is 186 Å². The second-order valence-electron chi connectivity index (χ2n) is 45.4. The van der Waals surface area contributed by atoms with E-state index in [4.69, 9.17) is 70.1 Å². The number of nitrogens with zero attached hydrogens (tertiary/aromatic N) is 9. The van der Waals surface area contributed by atoms with Gasteiger partial charge in [-0.1, -0.05) is 125 Å². The summed E-state index contributed by atoms with van der Waals surface area (Å²) in [4.78, 5) is 30.3. The van der Waals surface area contributed by atoms with Gasteiger partial charge in [0.2, 0.25) is 0 Å². The average Bonchev–Trinajstić information content (AvgIpc) is 1.71. The first-order chi connectivity index (χ1) is 71.7. The molecule has 0 spiro atoms. The van der Waals surface area contributed by atoms with Gasteiger partial charge in [-0.3, -0.25) is 25.3 Å². The number of anilines is 1. The summed E-state index contributed by atoms with van der Waals surface area (Å²) in [6.07, 6.45) is 28.7. The molecule has 25 heteroatoms. The number of aliphatic hydroxyl groups is 6. The number of nitrogens with one attached hydrogen (secondary N) is 1. The molecule has 2 aliphatic carbocycles. The van der Waals surface area contributed by atoms with E-state index in [1.807, 2.05) is 232 Å². The highest BCUT2D eigenvalue weighted by molar-refractivity contribution is 6.31. The zero-order valence-electron chi connectivity index (χ0n) is 88.2. The van der Waals surface area contributed by atoms with Crippen molar-refractivity contribution >= 4 is 57.7 Å². The standard InChI is InChI=1S/C32H37ClN2O2.C31H38ClN3O3.C31H44ClN3O3.C30H33ClN2O3/c1-32(2,36)25-8-10-31-29(18-25)27(28-5-3-12-34-30(28)20-37-31)6-4-13-35-14-11-22(19-35)23-15-21-7-9-26(33)17-24(21)16-23;1-31(2,37)22-8-13-29-27(18-22)25(26-6-4-15-33-28(26)20-38-29)7-5-16-35-17-14-21(19-35)30(36)34(3)24-11-9-23(32)10-12-24;1-31(2,37)23-9-12-29-27(17-23)25(26-5-3-14-33-28(26)20-38-29)6-4-15-35-16-13-22(19-35)30(36)34-18-21-7-10-24(32)11-8-21;1-30(2,34)27-6-3-7-28-26(27)17-22(25-12-14-32-18-29(25)36-28)5-4-15-33-16-13-24(19-33)35-20-21-8-10-23(31)11-9-21/h3,5,7-10,12,17-18,22-23,27,36H,4,6,11,13-16,19-20H2,1-2H3;4,6,8-13,15,18,21,25,30,36-37H,5,7,14,16-17,19-20H2,1-3H3;3,5,7-8,10-11,14,22-23,25,27,29-30,34,36-37H,4,6,9,12-13,15-20H2,1-2H3;3,5-12,14,18,24,34H,4,13,15-17,19-20H2,1-2H3/b;;;22-5+/t22-,23?,27-;;;/m1.../s1. The Kier molecular flexibility index (Phi) is 36.3. The fourth-order valence-corrected chi connectivity index (χ4v) is 25.2. The normalized spacial score (nSPS) is 22.9. The summed E-state index contributed by atoms with van der Waals surface area (Å²) in [7, 11) is 1.94. The van der Waals surface area contributed by atoms with Crippen LogP contribution in [0.4, 0.5) is 5.69 Å². The zero-order valence-corrected chi connectivity index (χ0v) is 91.2. The van der Waals surface area contributed by atoms with Crippen molar-refractivity contribution in [2.45, 2.75) is 262 Å². The molecule has 7 aromatic carbocycles. The number of rotatable bonds is 30. The van der Waals surface area contributed by atoms with Crippen molar-refractivity contribution in [1.82, 2.24) is 44.9 Å². The molecule has 792 valence electrons. The number of hydrogen-bond acceptors (Lipinski definition) is 21. The van der Waals surface area contributed by atoms with Crippen molar-refractivity contribution in [3.05, 3.63) is 340 Å². The van der Waals surface area contributed by atoms with Crippen LogP contribution in [0.3, 0.4) is 0 Å². The molecule has 11 aromatic rings. The lowest BCUT2D eigenvalue weighted by Crippen LogP contribution is -2.41. The van der Waals surface area contributed by atoms with E-state index in [0.29, 0.717) is 62.2 Å². The van der Waals surface area contributed by atoms with Gasteiger partial charge in [0.05, 0.1) is 71.1 Å². The minimum Gasteiger partial charge on any atom is -0.487 e. The Morgan fingerprint density at radius 1 is 0.497 bits per heavy atom. The maximum Gasteiger partial charge on any atom is 0.153 e. The Labute approximate surface area is 902 Å². The fraction of sp³-hybridized carbons (Fsp3) is 0.484. The molecule has 8 aliphatic heterocycles. The van der Waals surface area contributed by atoms with E-state index < -0.39 is 34.9 Å². The van der Waals surface area contributed by atoms with Gasteiger partial charge in [-0.2, -0.15) is 0 Å². The van der Waals surface area contributed by atoms with Crippen molar-refractivity contribution in [1.29, 1.82) is 0 Å². The van der Waals surface area contributed by atoms with Crippen LogP contribution in [0, 0.1) is 35.5 Å². The van der Waals surface area contributed by atoms with Crippen LogP contribution < -0.4 is 24.4 Å². The largest absolute Gasteiger partial charge is 0.487 e. The second-order valence-corrected chi connectivity index (χ2v) is 47.1. The summed E-state index contributed by atoms with van der Waals surface area (Å²) in [5.41, 5.74) is 18.0. The molecule has 0 amide bonds. The first kappa shape index (κ1) is 109. The number of allylic oxidation sites excluding steroid dienone is 1. The third-order valence-corrected chi connectivity index (χ3v) is 34.2. The van der Waals surface area contributed by atoms with Gasteiger partial charge in [0.25, 0.3) is 0 Å². The Hall–Kier alpha value is -9.28. The number of aromatic nitrogens is 4. The minimum atomic E-state index is -0.953. The summed E-state index contributed by atoms with van der Waals surface area (Å²) < 4.78 is 31.2. The fourth-order valence-electron chi connectivity index (χ4n) is 24.7. The predicted molar refractivity (Wildman–Crippen MR) is 594 cm³/mol. The van der Waals surface area contributed by atoms with Crippen LogP contribution >= 0.6 is 46.4 Å². The molecule has 21 nitrogen and oxygen atoms in total. The van der Waals surface area contributed by atoms with Crippen LogP contribution in [0.1, 0.15) is 258 Å². The smallest absolute Gasteiger partial charge is 0.153 e. The zero-order chi connectivity index (χ0) is 104. The third-order valence-electron chi connectivity index (χ3n) is 33.2. The molecule has 0 radical (unpaired) electrons. The molecule has 1 saturated carbocycles. The number of halogens is 4. The van der Waals surface area contributed by atoms with Crippen molar-refractivity contribution in [2.24, 2.45) is 35.5 Å². The Morgan fingerprint density at radius 2 is 1.05 bits per heavy atom. The topological polar surface area (TPSA) is 247 Å². The lowest BCUT2D eigenvalue weighted by molar-refractivity contribution is -0.0754. The highest BCUT2D eigenvalue weighted by atomic mass is 35.5. The number of aliphatic hydroxyl groups excluding tert-OH is 2. The summed E-state index contributed by atoms with van der Waals surface area (Å²) in [6.45, 7) is 30.0. The van der Waals surface area contributed by atoms with E-state index in [9.17, 15) is 30.6 Å².